The molecule has 1 saturated carbocycles. The fourth-order valence-corrected chi connectivity index (χ4v) is 5.23. The molecule has 4 amide bonds. The Hall–Kier alpha value is -2.70. The van der Waals surface area contributed by atoms with Crippen LogP contribution in [0.5, 0.6) is 0 Å². The van der Waals surface area contributed by atoms with E-state index in [9.17, 15) is 19.2 Å². The third-order valence-electron chi connectivity index (χ3n) is 7.28. The number of hydrogen-bond donors (Lipinski definition) is 1. The van der Waals surface area contributed by atoms with Crippen LogP contribution in [0.4, 0.5) is 0 Å². The van der Waals surface area contributed by atoms with Crippen LogP contribution in [0, 0.1) is 5.92 Å². The van der Waals surface area contributed by atoms with Gasteiger partial charge in [0.25, 0.3) is 11.8 Å². The number of likely N-dealkylation sites (tertiary alicyclic amines) is 1. The minimum Gasteiger partial charge on any atom is -0.351 e. The van der Waals surface area contributed by atoms with Gasteiger partial charge in [0.1, 0.15) is 6.04 Å². The maximum Gasteiger partial charge on any atom is 0.262 e. The minimum atomic E-state index is -0.877. The van der Waals surface area contributed by atoms with E-state index in [1.165, 1.54) is 32.1 Å². The summed E-state index contributed by atoms with van der Waals surface area (Å²) in [6, 6.07) is 5.72. The van der Waals surface area contributed by atoms with Crippen LogP contribution in [0.2, 0.25) is 0 Å². The molecule has 4 rings (SSSR count). The zero-order chi connectivity index (χ0) is 22.7. The summed E-state index contributed by atoms with van der Waals surface area (Å²) in [5.74, 6) is -0.257. The Balaban J connectivity index is 1.23. The number of rotatable bonds is 6. The Bertz CT molecular complexity index is 850. The molecule has 0 aromatic heterocycles. The van der Waals surface area contributed by atoms with E-state index in [4.69, 9.17) is 0 Å². The lowest BCUT2D eigenvalue weighted by Gasteiger charge is -2.34. The molecule has 7 nitrogen and oxygen atoms in total. The SMILES string of the molecule is CC(C(=O)NC1CCN(C(=O)CCC2CCCCC2)CC1)N1C(=O)c2ccccc2C1=O. The zero-order valence-electron chi connectivity index (χ0n) is 18.8. The first-order valence-corrected chi connectivity index (χ1v) is 12.0. The number of benzene rings is 1. The van der Waals surface area contributed by atoms with Gasteiger partial charge in [0.05, 0.1) is 11.1 Å². The van der Waals surface area contributed by atoms with Gasteiger partial charge in [0.15, 0.2) is 0 Å². The van der Waals surface area contributed by atoms with Gasteiger partial charge in [0, 0.05) is 25.6 Å². The first-order valence-electron chi connectivity index (χ1n) is 12.0. The summed E-state index contributed by atoms with van der Waals surface area (Å²) >= 11 is 0. The van der Waals surface area contributed by atoms with Gasteiger partial charge in [0.2, 0.25) is 11.8 Å². The largest absolute Gasteiger partial charge is 0.351 e. The highest BCUT2D eigenvalue weighted by Gasteiger charge is 2.41. The lowest BCUT2D eigenvalue weighted by atomic mass is 9.86. The summed E-state index contributed by atoms with van der Waals surface area (Å²) in [4.78, 5) is 53.6. The summed E-state index contributed by atoms with van der Waals surface area (Å²) in [6.45, 7) is 2.85. The molecule has 1 aliphatic carbocycles. The molecular weight excluding hydrogens is 406 g/mol. The summed E-state index contributed by atoms with van der Waals surface area (Å²) in [6.07, 6.45) is 9.43. The Morgan fingerprint density at radius 2 is 1.56 bits per heavy atom. The first kappa shape index (κ1) is 22.5. The second-order valence-electron chi connectivity index (χ2n) is 9.41. The number of imide groups is 1. The molecule has 3 aliphatic rings. The van der Waals surface area contributed by atoms with Crippen LogP contribution >= 0.6 is 0 Å². The Labute approximate surface area is 189 Å². The summed E-state index contributed by atoms with van der Waals surface area (Å²) in [7, 11) is 0. The Kier molecular flexibility index (Phi) is 6.92. The molecule has 0 radical (unpaired) electrons. The van der Waals surface area contributed by atoms with E-state index in [1.807, 2.05) is 4.90 Å². The van der Waals surface area contributed by atoms with Gasteiger partial charge in [-0.2, -0.15) is 0 Å². The van der Waals surface area contributed by atoms with Gasteiger partial charge in [-0.1, -0.05) is 44.2 Å². The number of carbonyl (C=O) groups excluding carboxylic acids is 4. The lowest BCUT2D eigenvalue weighted by molar-refractivity contribution is -0.133. The van der Waals surface area contributed by atoms with Gasteiger partial charge >= 0.3 is 0 Å². The maximum atomic E-state index is 12.8. The number of piperidine rings is 1. The predicted octanol–water partition coefficient (Wildman–Crippen LogP) is 3.14. The topological polar surface area (TPSA) is 86.8 Å². The average Bonchev–Trinajstić information content (AvgIpc) is 3.08. The van der Waals surface area contributed by atoms with Crippen molar-refractivity contribution in [1.82, 2.24) is 15.1 Å². The van der Waals surface area contributed by atoms with E-state index in [0.29, 0.717) is 49.4 Å². The molecule has 32 heavy (non-hydrogen) atoms. The van der Waals surface area contributed by atoms with Crippen LogP contribution in [-0.4, -0.2) is 58.6 Å². The Morgan fingerprint density at radius 3 is 2.16 bits per heavy atom. The quantitative estimate of drug-likeness (QED) is 0.690. The molecular formula is C25H33N3O4. The van der Waals surface area contributed by atoms with E-state index in [-0.39, 0.29) is 17.9 Å². The zero-order valence-corrected chi connectivity index (χ0v) is 18.8. The van der Waals surface area contributed by atoms with Gasteiger partial charge in [-0.3, -0.25) is 24.1 Å². The fraction of sp³-hybridized carbons (Fsp3) is 0.600. The molecule has 0 spiro atoms. The van der Waals surface area contributed by atoms with Gasteiger partial charge in [-0.25, -0.2) is 0 Å². The number of carbonyl (C=O) groups is 4. The van der Waals surface area contributed by atoms with Crippen LogP contribution < -0.4 is 5.32 Å². The van der Waals surface area contributed by atoms with Gasteiger partial charge < -0.3 is 10.2 Å². The molecule has 7 heteroatoms. The second kappa shape index (κ2) is 9.84. The lowest BCUT2D eigenvalue weighted by Crippen LogP contribution is -2.53. The number of amides is 4. The van der Waals surface area contributed by atoms with Crippen LogP contribution in [-0.2, 0) is 9.59 Å². The van der Waals surface area contributed by atoms with Crippen molar-refractivity contribution < 1.29 is 19.2 Å². The standard InChI is InChI=1S/C25H33N3O4/c1-17(28-24(31)20-9-5-6-10-21(20)25(28)32)23(30)26-19-13-15-27(16-14-19)22(29)12-11-18-7-3-2-4-8-18/h5-6,9-10,17-19H,2-4,7-8,11-16H2,1H3,(H,26,30). The van der Waals surface area contributed by atoms with Gasteiger partial charge in [-0.15, -0.1) is 0 Å². The molecule has 1 atom stereocenters. The molecule has 1 aromatic carbocycles. The fourth-order valence-electron chi connectivity index (χ4n) is 5.23. The number of fused-ring (bicyclic) bond motifs is 1. The van der Waals surface area contributed by atoms with Crippen molar-refractivity contribution in [3.05, 3.63) is 35.4 Å². The monoisotopic (exact) mass is 439 g/mol. The van der Waals surface area contributed by atoms with Crippen molar-refractivity contribution >= 4 is 23.6 Å². The molecule has 2 fully saturated rings. The van der Waals surface area contributed by atoms with E-state index < -0.39 is 17.9 Å². The molecule has 2 heterocycles. The second-order valence-corrected chi connectivity index (χ2v) is 9.41. The molecule has 172 valence electrons. The van der Waals surface area contributed by atoms with E-state index in [0.717, 1.165) is 11.3 Å². The van der Waals surface area contributed by atoms with Crippen molar-refractivity contribution in [3.8, 4) is 0 Å². The minimum absolute atomic E-state index is 0.0532. The molecule has 1 saturated heterocycles. The molecule has 0 bridgehead atoms. The highest BCUT2D eigenvalue weighted by molar-refractivity contribution is 6.22. The highest BCUT2D eigenvalue weighted by atomic mass is 16.2. The third kappa shape index (κ3) is 4.71. The molecule has 2 aliphatic heterocycles. The van der Waals surface area contributed by atoms with Crippen molar-refractivity contribution in [3.63, 3.8) is 0 Å². The predicted molar refractivity (Wildman–Crippen MR) is 120 cm³/mol. The van der Waals surface area contributed by atoms with E-state index in [1.54, 1.807) is 31.2 Å². The first-order chi connectivity index (χ1) is 15.5. The summed E-state index contributed by atoms with van der Waals surface area (Å²) < 4.78 is 0. The normalized spacial score (nSPS) is 20.9. The van der Waals surface area contributed by atoms with Crippen LogP contribution in [0.15, 0.2) is 24.3 Å². The summed E-state index contributed by atoms with van der Waals surface area (Å²) in [5, 5.41) is 2.98. The average molecular weight is 440 g/mol. The van der Waals surface area contributed by atoms with Gasteiger partial charge in [-0.05, 0) is 44.2 Å². The smallest absolute Gasteiger partial charge is 0.262 e. The highest BCUT2D eigenvalue weighted by Crippen LogP contribution is 2.28. The van der Waals surface area contributed by atoms with Crippen molar-refractivity contribution in [2.45, 2.75) is 76.8 Å². The number of hydrogen-bond acceptors (Lipinski definition) is 4. The summed E-state index contributed by atoms with van der Waals surface area (Å²) in [5.41, 5.74) is 0.689. The molecule has 1 unspecified atom stereocenters. The molecule has 1 N–H and O–H groups in total. The number of nitrogens with one attached hydrogen (secondary N) is 1. The number of nitrogens with zero attached hydrogens (tertiary/aromatic N) is 2. The van der Waals surface area contributed by atoms with E-state index >= 15 is 0 Å². The molecule has 1 aromatic rings. The van der Waals surface area contributed by atoms with Crippen molar-refractivity contribution in [2.24, 2.45) is 5.92 Å². The maximum absolute atomic E-state index is 12.8. The third-order valence-corrected chi connectivity index (χ3v) is 7.28. The van der Waals surface area contributed by atoms with Crippen molar-refractivity contribution in [2.75, 3.05) is 13.1 Å². The van der Waals surface area contributed by atoms with E-state index in [2.05, 4.69) is 5.32 Å². The Morgan fingerprint density at radius 1 is 0.969 bits per heavy atom. The van der Waals surface area contributed by atoms with Crippen LogP contribution in [0.25, 0.3) is 0 Å². The van der Waals surface area contributed by atoms with Crippen LogP contribution in [0.3, 0.4) is 0 Å². The van der Waals surface area contributed by atoms with Crippen LogP contribution in [0.1, 0.15) is 85.4 Å². The van der Waals surface area contributed by atoms with Crippen molar-refractivity contribution in [1.29, 1.82) is 0 Å².